The van der Waals surface area contributed by atoms with Gasteiger partial charge in [-0.15, -0.1) is 0 Å². The van der Waals surface area contributed by atoms with Crippen LogP contribution in [0.15, 0.2) is 23.3 Å². The second-order valence-corrected chi connectivity index (χ2v) is 34.4. The fourth-order valence-corrected chi connectivity index (χ4v) is 13.5. The number of fused-ring (bicyclic) bond motifs is 3. The van der Waals surface area contributed by atoms with Crippen LogP contribution in [0.4, 0.5) is 0 Å². The van der Waals surface area contributed by atoms with Crippen LogP contribution >= 0.6 is 0 Å². The predicted octanol–water partition coefficient (Wildman–Crippen LogP) is 9.71. The predicted molar refractivity (Wildman–Crippen MR) is 281 cm³/mol. The van der Waals surface area contributed by atoms with Gasteiger partial charge in [0, 0.05) is 58.5 Å². The summed E-state index contributed by atoms with van der Waals surface area (Å²) in [5.41, 5.74) is 1.68. The van der Waals surface area contributed by atoms with E-state index in [9.17, 15) is 24.3 Å². The van der Waals surface area contributed by atoms with Crippen molar-refractivity contribution in [3.8, 4) is 0 Å². The number of carbonyl (C=O) groups excluding carboxylic acids is 5. The fraction of sp³-hybridized carbons (Fsp3) is 0.836. The molecule has 14 atom stereocenters. The number of Topliss-reactive ketones (excluding diaryl/α,β-unsaturated/α-hetero) is 2. The summed E-state index contributed by atoms with van der Waals surface area (Å²) >= 11 is 0. The number of ether oxygens (including phenoxy) is 5. The maximum absolute atomic E-state index is 15.0. The normalized spacial score (nSPS) is 36.3. The SMILES string of the molecule is CO[C@H]1C[C@@H](C)C/C(C)=C/[C@@H](CC=O)C(=O)C[C@H](O[Si](C)(C)C(C)(C)C)[C@@H](C)[C@@H](/C(C)=C/[C@@H]2CC[C@@H](O[Si](C)(C)C(C)(C)C)[C@@H](OC)C2)OC(=O)[C@@H]2CCCCN2C(=O)C(=O)[C@]2(O)O[C@H]1[C@H](OC)C[C@H]2C. The van der Waals surface area contributed by atoms with Crippen molar-refractivity contribution in [2.24, 2.45) is 29.6 Å². The number of aliphatic hydroxyl groups is 1. The molecule has 0 aromatic rings. The first-order valence-electron chi connectivity index (χ1n) is 26.6. The molecule has 0 spiro atoms. The number of piperidine rings is 1. The summed E-state index contributed by atoms with van der Waals surface area (Å²) < 4.78 is 45.2. The number of aldehydes is 1. The number of methoxy groups -OCH3 is 3. The van der Waals surface area contributed by atoms with Crippen molar-refractivity contribution in [3.05, 3.63) is 23.3 Å². The quantitative estimate of drug-likeness (QED) is 0.0682. The van der Waals surface area contributed by atoms with Gasteiger partial charge in [-0.3, -0.25) is 14.4 Å². The standard InChI is InChI=1S/C55H95NO13Si2/c1-34-27-35(2)29-46(64-13)49-47(65-14)31-37(4)55(62,67-49)50(59)51(60)56-25-20-19-21-41(56)52(61)66-48(36(3)30-39-22-23-43(45(32-39)63-12)68-70(15,16)53(6,7)8)38(5)44(69-71(17,18)54(9,10)11)33-42(58)40(28-34)24-26-57/h26,28,30,35,37-41,43-49,62H,19-25,27,29,31-33H2,1-18H3/b34-28+,36-30+/t35-,37+,38+,39-,40+,41-,43+,44-,45-,46-,47+,48+,49+,55+/m0/s1. The van der Waals surface area contributed by atoms with E-state index < -0.39 is 94.4 Å². The Balaban J connectivity index is 1.89. The van der Waals surface area contributed by atoms with Crippen molar-refractivity contribution in [1.29, 1.82) is 0 Å². The van der Waals surface area contributed by atoms with Gasteiger partial charge in [-0.05, 0) is 125 Å². The molecule has 3 aliphatic heterocycles. The van der Waals surface area contributed by atoms with Gasteiger partial charge < -0.3 is 47.3 Å². The fourth-order valence-electron chi connectivity index (χ4n) is 10.7. The van der Waals surface area contributed by atoms with Gasteiger partial charge >= 0.3 is 5.97 Å². The van der Waals surface area contributed by atoms with E-state index in [2.05, 4.69) is 73.8 Å². The molecule has 0 aromatic heterocycles. The Hall–Kier alpha value is -2.42. The van der Waals surface area contributed by atoms with Crippen molar-refractivity contribution >= 4 is 46.4 Å². The zero-order valence-electron chi connectivity index (χ0n) is 47.0. The average Bonchev–Trinajstić information content (AvgIpc) is 3.28. The molecule has 2 bridgehead atoms. The minimum Gasteiger partial charge on any atom is -0.456 e. The number of amides is 1. The molecule has 4 rings (SSSR count). The lowest BCUT2D eigenvalue weighted by atomic mass is 9.81. The lowest BCUT2D eigenvalue weighted by Gasteiger charge is -2.47. The summed E-state index contributed by atoms with van der Waals surface area (Å²) in [5, 5.41) is 12.1. The van der Waals surface area contributed by atoms with Gasteiger partial charge in [-0.25, -0.2) is 4.79 Å². The Bertz CT molecular complexity index is 1910. The van der Waals surface area contributed by atoms with Crippen molar-refractivity contribution in [1.82, 2.24) is 4.90 Å². The lowest BCUT2D eigenvalue weighted by molar-refractivity contribution is -0.302. The Morgan fingerprint density at radius 3 is 1.94 bits per heavy atom. The number of hydrogen-bond acceptors (Lipinski definition) is 13. The minimum absolute atomic E-state index is 0.00591. The van der Waals surface area contributed by atoms with E-state index in [-0.39, 0.29) is 72.1 Å². The van der Waals surface area contributed by atoms with E-state index >= 15 is 4.79 Å². The topological polar surface area (TPSA) is 173 Å². The van der Waals surface area contributed by atoms with Crippen LogP contribution in [0.2, 0.25) is 36.3 Å². The molecule has 3 heterocycles. The van der Waals surface area contributed by atoms with Crippen LogP contribution in [-0.2, 0) is 56.5 Å². The Morgan fingerprint density at radius 2 is 1.38 bits per heavy atom. The van der Waals surface area contributed by atoms with Crippen LogP contribution in [0.25, 0.3) is 0 Å². The zero-order valence-corrected chi connectivity index (χ0v) is 49.0. The first-order valence-corrected chi connectivity index (χ1v) is 32.4. The number of ketones is 2. The monoisotopic (exact) mass is 1030 g/mol. The van der Waals surface area contributed by atoms with Crippen molar-refractivity contribution in [2.75, 3.05) is 27.9 Å². The van der Waals surface area contributed by atoms with Crippen LogP contribution in [0, 0.1) is 29.6 Å². The summed E-state index contributed by atoms with van der Waals surface area (Å²) in [6.45, 7) is 31.5. The highest BCUT2D eigenvalue weighted by molar-refractivity contribution is 6.74. The molecule has 0 aromatic carbocycles. The molecule has 71 heavy (non-hydrogen) atoms. The van der Waals surface area contributed by atoms with E-state index in [0.717, 1.165) is 30.3 Å². The highest BCUT2D eigenvalue weighted by Crippen LogP contribution is 2.44. The molecule has 14 nitrogen and oxygen atoms in total. The molecule has 4 aliphatic rings. The molecule has 1 aliphatic carbocycles. The third-order valence-corrected chi connectivity index (χ3v) is 26.3. The van der Waals surface area contributed by atoms with Gasteiger partial charge in [0.15, 0.2) is 16.6 Å². The second-order valence-electron chi connectivity index (χ2n) is 24.8. The minimum atomic E-state index is -2.61. The first kappa shape index (κ1) is 61.1. The number of rotatable bonds is 11. The van der Waals surface area contributed by atoms with Crippen LogP contribution in [0.1, 0.15) is 147 Å². The smallest absolute Gasteiger partial charge is 0.329 e. The number of cyclic esters (lactones) is 1. The van der Waals surface area contributed by atoms with E-state index in [1.807, 2.05) is 33.8 Å². The molecule has 1 N–H and O–H groups in total. The molecule has 0 radical (unpaired) electrons. The summed E-state index contributed by atoms with van der Waals surface area (Å²) in [6, 6.07) is -1.14. The number of nitrogens with zero attached hydrogens (tertiary/aromatic N) is 1. The Kier molecular flexibility index (Phi) is 21.5. The number of allylic oxidation sites excluding steroid dienone is 3. The number of esters is 1. The maximum Gasteiger partial charge on any atom is 0.329 e. The summed E-state index contributed by atoms with van der Waals surface area (Å²) in [6.07, 6.45) is 5.66. The molecule has 0 unspecified atom stereocenters. The van der Waals surface area contributed by atoms with E-state index in [4.69, 9.17) is 32.5 Å². The summed E-state index contributed by atoms with van der Waals surface area (Å²) in [4.78, 5) is 72.6. The molecule has 1 amide bonds. The molecule has 3 fully saturated rings. The molecule has 406 valence electrons. The average molecular weight is 1030 g/mol. The summed E-state index contributed by atoms with van der Waals surface area (Å²) in [7, 11) is 0.0804. The first-order chi connectivity index (χ1) is 32.9. The maximum atomic E-state index is 15.0. The van der Waals surface area contributed by atoms with Crippen LogP contribution in [0.5, 0.6) is 0 Å². The van der Waals surface area contributed by atoms with E-state index in [1.54, 1.807) is 14.0 Å². The Morgan fingerprint density at radius 1 is 0.803 bits per heavy atom. The van der Waals surface area contributed by atoms with Gasteiger partial charge in [-0.2, -0.15) is 0 Å². The van der Waals surface area contributed by atoms with Gasteiger partial charge in [0.1, 0.15) is 30.3 Å². The second kappa shape index (κ2) is 25.0. The lowest BCUT2D eigenvalue weighted by Crippen LogP contribution is -2.64. The van der Waals surface area contributed by atoms with Crippen molar-refractivity contribution < 1.29 is 61.6 Å². The number of hydrogen-bond donors (Lipinski definition) is 1. The molecular formula is C55H95NO13Si2. The van der Waals surface area contributed by atoms with Gasteiger partial charge in [0.25, 0.3) is 11.7 Å². The largest absolute Gasteiger partial charge is 0.456 e. The van der Waals surface area contributed by atoms with Gasteiger partial charge in [-0.1, -0.05) is 80.0 Å². The van der Waals surface area contributed by atoms with Crippen LogP contribution < -0.4 is 0 Å². The molecule has 16 heteroatoms. The summed E-state index contributed by atoms with van der Waals surface area (Å²) in [5.74, 6) is -7.67. The highest BCUT2D eigenvalue weighted by atomic mass is 28.4. The van der Waals surface area contributed by atoms with Crippen molar-refractivity contribution in [3.63, 3.8) is 0 Å². The van der Waals surface area contributed by atoms with Crippen LogP contribution in [-0.4, -0.2) is 139 Å². The van der Waals surface area contributed by atoms with Gasteiger partial charge in [0.2, 0.25) is 5.79 Å². The molecular weight excluding hydrogens is 939 g/mol. The van der Waals surface area contributed by atoms with E-state index in [0.29, 0.717) is 32.1 Å². The third-order valence-electron chi connectivity index (χ3n) is 17.3. The molecule has 2 saturated heterocycles. The van der Waals surface area contributed by atoms with E-state index in [1.165, 1.54) is 19.1 Å². The Labute approximate surface area is 429 Å². The zero-order chi connectivity index (χ0) is 53.6. The molecule has 1 saturated carbocycles. The van der Waals surface area contributed by atoms with Crippen LogP contribution in [0.3, 0.4) is 0 Å². The highest BCUT2D eigenvalue weighted by Gasteiger charge is 2.57. The van der Waals surface area contributed by atoms with Crippen molar-refractivity contribution in [2.45, 2.75) is 238 Å². The number of carbonyl (C=O) groups is 5. The third kappa shape index (κ3) is 14.9. The van der Waals surface area contributed by atoms with Gasteiger partial charge in [0.05, 0.1) is 30.5 Å².